The third kappa shape index (κ3) is 6.16. The summed E-state index contributed by atoms with van der Waals surface area (Å²) in [6.45, 7) is 8.95. The van der Waals surface area contributed by atoms with E-state index in [1.807, 2.05) is 45.0 Å². The van der Waals surface area contributed by atoms with Gasteiger partial charge in [0.1, 0.15) is 5.75 Å². The summed E-state index contributed by atoms with van der Waals surface area (Å²) >= 11 is 0. The minimum Gasteiger partial charge on any atom is -0.494 e. The monoisotopic (exact) mass is 306 g/mol. The van der Waals surface area contributed by atoms with Crippen molar-refractivity contribution >= 4 is 17.5 Å². The molecule has 0 aliphatic rings. The van der Waals surface area contributed by atoms with E-state index in [1.54, 1.807) is 4.90 Å². The van der Waals surface area contributed by atoms with Gasteiger partial charge in [0, 0.05) is 32.1 Å². The van der Waals surface area contributed by atoms with E-state index >= 15 is 0 Å². The van der Waals surface area contributed by atoms with Crippen LogP contribution < -0.4 is 15.0 Å². The molecule has 0 radical (unpaired) electrons. The molecule has 0 atom stereocenters. The lowest BCUT2D eigenvalue weighted by Crippen LogP contribution is -2.37. The Kier molecular flexibility index (Phi) is 7.43. The average molecular weight is 306 g/mol. The van der Waals surface area contributed by atoms with Crippen LogP contribution in [-0.2, 0) is 9.59 Å². The quantitative estimate of drug-likeness (QED) is 0.803. The van der Waals surface area contributed by atoms with E-state index < -0.39 is 0 Å². The van der Waals surface area contributed by atoms with E-state index in [4.69, 9.17) is 4.74 Å². The second kappa shape index (κ2) is 9.07. The van der Waals surface area contributed by atoms with Crippen molar-refractivity contribution in [3.63, 3.8) is 0 Å². The van der Waals surface area contributed by atoms with Gasteiger partial charge in [-0.15, -0.1) is 0 Å². The predicted octanol–water partition coefficient (Wildman–Crippen LogP) is 2.60. The molecule has 1 N–H and O–H groups in total. The molecule has 1 rings (SSSR count). The number of rotatable bonds is 8. The van der Waals surface area contributed by atoms with Gasteiger partial charge in [-0.05, 0) is 37.1 Å². The highest BCUT2D eigenvalue weighted by Crippen LogP contribution is 2.19. The van der Waals surface area contributed by atoms with Gasteiger partial charge < -0.3 is 15.0 Å². The zero-order chi connectivity index (χ0) is 16.5. The summed E-state index contributed by atoms with van der Waals surface area (Å²) in [4.78, 5) is 25.1. The van der Waals surface area contributed by atoms with Crippen molar-refractivity contribution in [2.75, 3.05) is 24.6 Å². The van der Waals surface area contributed by atoms with E-state index in [1.165, 1.54) is 6.92 Å². The predicted molar refractivity (Wildman–Crippen MR) is 88.1 cm³/mol. The van der Waals surface area contributed by atoms with Crippen LogP contribution in [0, 0.1) is 5.92 Å². The van der Waals surface area contributed by atoms with Crippen molar-refractivity contribution in [1.82, 2.24) is 5.32 Å². The summed E-state index contributed by atoms with van der Waals surface area (Å²) in [6.07, 6.45) is 0.503. The summed E-state index contributed by atoms with van der Waals surface area (Å²) < 4.78 is 5.39. The Morgan fingerprint density at radius 1 is 1.23 bits per heavy atom. The molecule has 0 spiro atoms. The van der Waals surface area contributed by atoms with Crippen LogP contribution in [0.5, 0.6) is 5.75 Å². The topological polar surface area (TPSA) is 58.6 Å². The molecule has 0 heterocycles. The Morgan fingerprint density at radius 2 is 1.86 bits per heavy atom. The average Bonchev–Trinajstić information content (AvgIpc) is 2.44. The van der Waals surface area contributed by atoms with Crippen molar-refractivity contribution < 1.29 is 14.3 Å². The molecule has 22 heavy (non-hydrogen) atoms. The Hall–Kier alpha value is -2.04. The van der Waals surface area contributed by atoms with Gasteiger partial charge in [-0.2, -0.15) is 0 Å². The number of anilines is 1. The molecule has 0 saturated heterocycles. The van der Waals surface area contributed by atoms with Crippen LogP contribution in [0.15, 0.2) is 24.3 Å². The van der Waals surface area contributed by atoms with Crippen molar-refractivity contribution in [3.05, 3.63) is 24.3 Å². The number of nitrogens with one attached hydrogen (secondary N) is 1. The molecule has 0 bridgehead atoms. The molecule has 0 aromatic heterocycles. The van der Waals surface area contributed by atoms with Crippen molar-refractivity contribution in [1.29, 1.82) is 0 Å². The third-order valence-electron chi connectivity index (χ3n) is 3.09. The van der Waals surface area contributed by atoms with Gasteiger partial charge in [0.2, 0.25) is 11.8 Å². The lowest BCUT2D eigenvalue weighted by atomic mass is 10.1. The van der Waals surface area contributed by atoms with E-state index in [0.717, 1.165) is 11.4 Å². The Morgan fingerprint density at radius 3 is 2.36 bits per heavy atom. The standard InChI is InChI=1S/C17H26N2O3/c1-5-22-16-8-6-15(7-9-16)19(14(4)20)11-10-18-17(21)12-13(2)3/h6-9,13H,5,10-12H2,1-4H3,(H,18,21). The molecular weight excluding hydrogens is 280 g/mol. The number of carbonyl (C=O) groups excluding carboxylic acids is 2. The first kappa shape index (κ1) is 18.0. The van der Waals surface area contributed by atoms with Gasteiger partial charge in [0.25, 0.3) is 0 Å². The van der Waals surface area contributed by atoms with Crippen LogP contribution >= 0.6 is 0 Å². The number of hydrogen-bond donors (Lipinski definition) is 1. The fraction of sp³-hybridized carbons (Fsp3) is 0.529. The zero-order valence-corrected chi connectivity index (χ0v) is 13.9. The number of hydrogen-bond acceptors (Lipinski definition) is 3. The molecule has 0 fully saturated rings. The van der Waals surface area contributed by atoms with E-state index in [2.05, 4.69) is 5.32 Å². The molecule has 2 amide bonds. The molecule has 1 aromatic rings. The molecule has 0 aliphatic heterocycles. The maximum atomic E-state index is 11.8. The highest BCUT2D eigenvalue weighted by molar-refractivity contribution is 5.91. The van der Waals surface area contributed by atoms with Crippen LogP contribution in [0.2, 0.25) is 0 Å². The smallest absolute Gasteiger partial charge is 0.223 e. The SMILES string of the molecule is CCOc1ccc(N(CCNC(=O)CC(C)C)C(C)=O)cc1. The second-order valence-electron chi connectivity index (χ2n) is 5.55. The van der Waals surface area contributed by atoms with Crippen LogP contribution in [-0.4, -0.2) is 31.5 Å². The minimum atomic E-state index is -0.0535. The summed E-state index contributed by atoms with van der Waals surface area (Å²) in [6, 6.07) is 7.38. The second-order valence-corrected chi connectivity index (χ2v) is 5.55. The van der Waals surface area contributed by atoms with Crippen LogP contribution in [0.1, 0.15) is 34.1 Å². The molecule has 0 saturated carbocycles. The van der Waals surface area contributed by atoms with Gasteiger partial charge in [-0.1, -0.05) is 13.8 Å². The largest absolute Gasteiger partial charge is 0.494 e. The number of nitrogens with zero attached hydrogens (tertiary/aromatic N) is 1. The molecular formula is C17H26N2O3. The molecule has 0 aliphatic carbocycles. The van der Waals surface area contributed by atoms with Gasteiger partial charge in [0.15, 0.2) is 0 Å². The summed E-state index contributed by atoms with van der Waals surface area (Å²) in [5, 5.41) is 2.84. The fourth-order valence-corrected chi connectivity index (χ4v) is 2.11. The van der Waals surface area contributed by atoms with E-state index in [-0.39, 0.29) is 11.8 Å². The summed E-state index contributed by atoms with van der Waals surface area (Å²) in [5.74, 6) is 1.07. The lowest BCUT2D eigenvalue weighted by Gasteiger charge is -2.22. The highest BCUT2D eigenvalue weighted by atomic mass is 16.5. The molecule has 1 aromatic carbocycles. The highest BCUT2D eigenvalue weighted by Gasteiger charge is 2.12. The third-order valence-corrected chi connectivity index (χ3v) is 3.09. The Labute approximate surface area is 132 Å². The first-order valence-corrected chi connectivity index (χ1v) is 7.71. The number of amides is 2. The molecule has 5 nitrogen and oxygen atoms in total. The van der Waals surface area contributed by atoms with E-state index in [9.17, 15) is 9.59 Å². The minimum absolute atomic E-state index is 0.0187. The van der Waals surface area contributed by atoms with Crippen molar-refractivity contribution in [2.24, 2.45) is 5.92 Å². The van der Waals surface area contributed by atoms with Gasteiger partial charge >= 0.3 is 0 Å². The van der Waals surface area contributed by atoms with Crippen LogP contribution in [0.4, 0.5) is 5.69 Å². The Balaban J connectivity index is 2.58. The lowest BCUT2D eigenvalue weighted by molar-refractivity contribution is -0.122. The van der Waals surface area contributed by atoms with Gasteiger partial charge in [-0.3, -0.25) is 9.59 Å². The maximum absolute atomic E-state index is 11.8. The fourth-order valence-electron chi connectivity index (χ4n) is 2.11. The van der Waals surface area contributed by atoms with Gasteiger partial charge in [-0.25, -0.2) is 0 Å². The number of benzene rings is 1. The summed E-state index contributed by atoms with van der Waals surface area (Å²) in [5.41, 5.74) is 0.800. The van der Waals surface area contributed by atoms with E-state index in [0.29, 0.717) is 32.0 Å². The van der Waals surface area contributed by atoms with Crippen molar-refractivity contribution in [3.8, 4) is 5.75 Å². The first-order chi connectivity index (χ1) is 10.4. The maximum Gasteiger partial charge on any atom is 0.223 e. The molecule has 5 heteroatoms. The first-order valence-electron chi connectivity index (χ1n) is 7.71. The van der Waals surface area contributed by atoms with Crippen molar-refractivity contribution in [2.45, 2.75) is 34.1 Å². The van der Waals surface area contributed by atoms with Crippen LogP contribution in [0.3, 0.4) is 0 Å². The normalized spacial score (nSPS) is 10.4. The zero-order valence-electron chi connectivity index (χ0n) is 13.9. The molecule has 0 unspecified atom stereocenters. The van der Waals surface area contributed by atoms with Crippen LogP contribution in [0.25, 0.3) is 0 Å². The summed E-state index contributed by atoms with van der Waals surface area (Å²) in [7, 11) is 0. The Bertz CT molecular complexity index is 483. The number of carbonyl (C=O) groups is 2. The number of ether oxygens (including phenoxy) is 1. The van der Waals surface area contributed by atoms with Gasteiger partial charge in [0.05, 0.1) is 6.61 Å². The molecule has 122 valence electrons.